The van der Waals surface area contributed by atoms with Crippen LogP contribution in [0.25, 0.3) is 0 Å². The fraction of sp³-hybridized carbons (Fsp3) is 0.286. The first-order valence-corrected chi connectivity index (χ1v) is 5.70. The molecule has 0 bridgehead atoms. The number of anilines is 1. The fourth-order valence-corrected chi connectivity index (χ4v) is 1.59. The van der Waals surface area contributed by atoms with E-state index in [-0.39, 0.29) is 5.78 Å². The molecule has 0 aliphatic heterocycles. The maximum atomic E-state index is 11.7. The first-order valence-electron chi connectivity index (χ1n) is 5.70. The summed E-state index contributed by atoms with van der Waals surface area (Å²) < 4.78 is 9.79. The van der Waals surface area contributed by atoms with E-state index < -0.39 is 5.97 Å². The van der Waals surface area contributed by atoms with Gasteiger partial charge >= 0.3 is 5.97 Å². The van der Waals surface area contributed by atoms with Gasteiger partial charge in [0.05, 0.1) is 25.5 Å². The van der Waals surface area contributed by atoms with Crippen molar-refractivity contribution in [2.45, 2.75) is 13.8 Å². The maximum Gasteiger partial charge on any atom is 0.340 e. The van der Waals surface area contributed by atoms with Gasteiger partial charge in [0, 0.05) is 5.70 Å². The zero-order valence-corrected chi connectivity index (χ0v) is 11.4. The Kier molecular flexibility index (Phi) is 5.11. The minimum atomic E-state index is -0.475. The van der Waals surface area contributed by atoms with Crippen LogP contribution in [0.3, 0.4) is 0 Å². The van der Waals surface area contributed by atoms with Gasteiger partial charge in [0.2, 0.25) is 0 Å². The molecule has 102 valence electrons. The van der Waals surface area contributed by atoms with E-state index in [0.29, 0.717) is 22.7 Å². The molecule has 0 saturated carbocycles. The number of methoxy groups -OCH3 is 2. The molecule has 0 fully saturated rings. The average molecular weight is 263 g/mol. The molecule has 0 saturated heterocycles. The second kappa shape index (κ2) is 6.58. The third-order valence-electron chi connectivity index (χ3n) is 2.38. The number of hydrogen-bond donors (Lipinski definition) is 1. The highest BCUT2D eigenvalue weighted by atomic mass is 16.5. The Morgan fingerprint density at radius 3 is 2.42 bits per heavy atom. The monoisotopic (exact) mass is 263 g/mol. The summed E-state index contributed by atoms with van der Waals surface area (Å²) in [6, 6.07) is 4.99. The number of rotatable bonds is 5. The van der Waals surface area contributed by atoms with Crippen LogP contribution in [0, 0.1) is 0 Å². The Morgan fingerprint density at radius 1 is 1.21 bits per heavy atom. The molecule has 1 aromatic carbocycles. The number of nitrogens with one attached hydrogen (secondary N) is 1. The Labute approximate surface area is 112 Å². The fourth-order valence-electron chi connectivity index (χ4n) is 1.59. The summed E-state index contributed by atoms with van der Waals surface area (Å²) in [7, 11) is 2.83. The first kappa shape index (κ1) is 14.8. The van der Waals surface area contributed by atoms with Crippen LogP contribution < -0.4 is 10.1 Å². The van der Waals surface area contributed by atoms with Gasteiger partial charge in [-0.15, -0.1) is 0 Å². The summed E-state index contributed by atoms with van der Waals surface area (Å²) >= 11 is 0. The standard InChI is InChI=1S/C14H17NO4/c1-9(7-10(2)16)15-13-6-5-11(18-3)8-12(13)14(17)19-4/h5-8,15H,1-4H3. The molecule has 5 nitrogen and oxygen atoms in total. The lowest BCUT2D eigenvalue weighted by Crippen LogP contribution is -2.08. The number of carbonyl (C=O) groups excluding carboxylic acids is 2. The van der Waals surface area contributed by atoms with E-state index in [1.165, 1.54) is 27.2 Å². The van der Waals surface area contributed by atoms with Crippen molar-refractivity contribution in [3.8, 4) is 5.75 Å². The maximum absolute atomic E-state index is 11.7. The second-order valence-corrected chi connectivity index (χ2v) is 3.97. The van der Waals surface area contributed by atoms with Gasteiger partial charge in [-0.2, -0.15) is 0 Å². The molecule has 0 amide bonds. The van der Waals surface area contributed by atoms with Crippen LogP contribution >= 0.6 is 0 Å². The Balaban J connectivity index is 3.12. The van der Waals surface area contributed by atoms with Gasteiger partial charge in [0.15, 0.2) is 5.78 Å². The van der Waals surface area contributed by atoms with Crippen molar-refractivity contribution in [3.05, 3.63) is 35.5 Å². The summed E-state index contributed by atoms with van der Waals surface area (Å²) in [6.07, 6.45) is 1.45. The van der Waals surface area contributed by atoms with E-state index in [0.717, 1.165) is 0 Å². The number of allylic oxidation sites excluding steroid dienone is 2. The van der Waals surface area contributed by atoms with Crippen LogP contribution in [-0.4, -0.2) is 26.0 Å². The minimum absolute atomic E-state index is 0.0712. The third kappa shape index (κ3) is 4.13. The second-order valence-electron chi connectivity index (χ2n) is 3.97. The van der Waals surface area contributed by atoms with Gasteiger partial charge in [-0.25, -0.2) is 4.79 Å². The van der Waals surface area contributed by atoms with Crippen LogP contribution in [0.2, 0.25) is 0 Å². The molecule has 0 atom stereocenters. The van der Waals surface area contributed by atoms with Crippen LogP contribution in [0.4, 0.5) is 5.69 Å². The van der Waals surface area contributed by atoms with E-state index in [1.807, 2.05) is 0 Å². The van der Waals surface area contributed by atoms with Crippen molar-refractivity contribution in [1.29, 1.82) is 0 Å². The van der Waals surface area contributed by atoms with Gasteiger partial charge in [-0.3, -0.25) is 4.79 Å². The van der Waals surface area contributed by atoms with Gasteiger partial charge in [-0.1, -0.05) is 0 Å². The van der Waals surface area contributed by atoms with Gasteiger partial charge in [0.1, 0.15) is 5.75 Å². The number of carbonyl (C=O) groups is 2. The zero-order chi connectivity index (χ0) is 14.4. The molecular weight excluding hydrogens is 246 g/mol. The van der Waals surface area contributed by atoms with Crippen LogP contribution in [0.15, 0.2) is 30.0 Å². The molecule has 0 aliphatic rings. The van der Waals surface area contributed by atoms with Crippen molar-refractivity contribution in [2.24, 2.45) is 0 Å². The van der Waals surface area contributed by atoms with E-state index in [4.69, 9.17) is 9.47 Å². The Hall–Kier alpha value is -2.30. The molecule has 19 heavy (non-hydrogen) atoms. The summed E-state index contributed by atoms with van der Waals surface area (Å²) in [5, 5.41) is 2.99. The van der Waals surface area contributed by atoms with Crippen molar-refractivity contribution in [2.75, 3.05) is 19.5 Å². The van der Waals surface area contributed by atoms with Gasteiger partial charge in [0.25, 0.3) is 0 Å². The highest BCUT2D eigenvalue weighted by Crippen LogP contribution is 2.24. The smallest absolute Gasteiger partial charge is 0.340 e. The quantitative estimate of drug-likeness (QED) is 0.652. The summed E-state index contributed by atoms with van der Waals surface area (Å²) in [5.74, 6) is 0.00862. The molecule has 0 heterocycles. The van der Waals surface area contributed by atoms with Crippen molar-refractivity contribution in [3.63, 3.8) is 0 Å². The van der Waals surface area contributed by atoms with E-state index >= 15 is 0 Å². The molecule has 0 aromatic heterocycles. The third-order valence-corrected chi connectivity index (χ3v) is 2.38. The minimum Gasteiger partial charge on any atom is -0.497 e. The highest BCUT2D eigenvalue weighted by molar-refractivity contribution is 5.96. The lowest BCUT2D eigenvalue weighted by atomic mass is 10.1. The van der Waals surface area contributed by atoms with Crippen molar-refractivity contribution < 1.29 is 19.1 Å². The zero-order valence-electron chi connectivity index (χ0n) is 11.4. The first-order chi connectivity index (χ1) is 8.97. The summed E-state index contributed by atoms with van der Waals surface area (Å²) in [6.45, 7) is 3.20. The van der Waals surface area contributed by atoms with Crippen LogP contribution in [0.5, 0.6) is 5.75 Å². The predicted molar refractivity (Wildman–Crippen MR) is 72.4 cm³/mol. The molecule has 1 N–H and O–H groups in total. The molecular formula is C14H17NO4. The molecule has 5 heteroatoms. The van der Waals surface area contributed by atoms with Gasteiger partial charge < -0.3 is 14.8 Å². The summed E-state index contributed by atoms with van der Waals surface area (Å²) in [5.41, 5.74) is 1.55. The van der Waals surface area contributed by atoms with Gasteiger partial charge in [-0.05, 0) is 38.1 Å². The van der Waals surface area contributed by atoms with Crippen LogP contribution in [0.1, 0.15) is 24.2 Å². The molecule has 0 radical (unpaired) electrons. The summed E-state index contributed by atoms with van der Waals surface area (Å²) in [4.78, 5) is 22.7. The number of ether oxygens (including phenoxy) is 2. The van der Waals surface area contributed by atoms with Crippen LogP contribution in [-0.2, 0) is 9.53 Å². The van der Waals surface area contributed by atoms with Crippen molar-refractivity contribution >= 4 is 17.4 Å². The SMILES string of the molecule is COC(=O)c1cc(OC)ccc1NC(C)=CC(C)=O. The molecule has 1 aromatic rings. The number of benzene rings is 1. The van der Waals surface area contributed by atoms with E-state index in [9.17, 15) is 9.59 Å². The van der Waals surface area contributed by atoms with E-state index in [1.54, 1.807) is 25.1 Å². The lowest BCUT2D eigenvalue weighted by molar-refractivity contribution is -0.112. The number of hydrogen-bond acceptors (Lipinski definition) is 5. The number of esters is 1. The Bertz CT molecular complexity index is 520. The number of ketones is 1. The molecule has 1 rings (SSSR count). The average Bonchev–Trinajstić information content (AvgIpc) is 2.37. The Morgan fingerprint density at radius 2 is 1.89 bits per heavy atom. The van der Waals surface area contributed by atoms with Crippen molar-refractivity contribution in [1.82, 2.24) is 0 Å². The molecule has 0 unspecified atom stereocenters. The molecule has 0 aliphatic carbocycles. The van der Waals surface area contributed by atoms with E-state index in [2.05, 4.69) is 5.32 Å². The highest BCUT2D eigenvalue weighted by Gasteiger charge is 2.13. The topological polar surface area (TPSA) is 64.6 Å². The molecule has 0 spiro atoms. The largest absolute Gasteiger partial charge is 0.497 e. The lowest BCUT2D eigenvalue weighted by Gasteiger charge is -2.12. The predicted octanol–water partition coefficient (Wildman–Crippen LogP) is 2.39. The normalized spacial score (nSPS) is 10.8.